The molecule has 0 bridgehead atoms. The second-order valence-corrected chi connectivity index (χ2v) is 6.48. The summed E-state index contributed by atoms with van der Waals surface area (Å²) >= 11 is 0.0946. The van der Waals surface area contributed by atoms with Crippen molar-refractivity contribution in [3.05, 3.63) is 35.9 Å². The van der Waals surface area contributed by atoms with Crippen molar-refractivity contribution in [1.82, 2.24) is 5.32 Å². The SMILES string of the molecule is FC(F)(F)SCCC(CNC1CC1)Cc1ccccc1. The van der Waals surface area contributed by atoms with Crippen molar-refractivity contribution >= 4 is 11.8 Å². The Kier molecular flexibility index (Phi) is 5.78. The van der Waals surface area contributed by atoms with Gasteiger partial charge in [-0.05, 0) is 43.7 Å². The Morgan fingerprint density at radius 1 is 1.20 bits per heavy atom. The lowest BCUT2D eigenvalue weighted by atomic mass is 9.97. The lowest BCUT2D eigenvalue weighted by Crippen LogP contribution is -2.26. The molecule has 1 unspecified atom stereocenters. The topological polar surface area (TPSA) is 12.0 Å². The molecule has 112 valence electrons. The van der Waals surface area contributed by atoms with Gasteiger partial charge in [0.05, 0.1) is 0 Å². The molecule has 1 N–H and O–H groups in total. The number of hydrogen-bond acceptors (Lipinski definition) is 2. The molecular weight excluding hydrogens is 283 g/mol. The summed E-state index contributed by atoms with van der Waals surface area (Å²) in [6.45, 7) is 0.817. The van der Waals surface area contributed by atoms with Crippen molar-refractivity contribution in [2.75, 3.05) is 12.3 Å². The maximum atomic E-state index is 12.2. The van der Waals surface area contributed by atoms with E-state index in [0.29, 0.717) is 12.5 Å². The number of benzene rings is 1. The highest BCUT2D eigenvalue weighted by Gasteiger charge is 2.28. The minimum atomic E-state index is -4.11. The molecule has 1 atom stereocenters. The predicted molar refractivity (Wildman–Crippen MR) is 77.8 cm³/mol. The Morgan fingerprint density at radius 3 is 2.50 bits per heavy atom. The number of alkyl halides is 3. The average Bonchev–Trinajstić information content (AvgIpc) is 3.19. The van der Waals surface area contributed by atoms with Gasteiger partial charge in [-0.1, -0.05) is 42.1 Å². The molecule has 0 aliphatic heterocycles. The summed E-state index contributed by atoms with van der Waals surface area (Å²) in [6.07, 6.45) is 3.85. The van der Waals surface area contributed by atoms with Gasteiger partial charge in [-0.25, -0.2) is 0 Å². The Hall–Kier alpha value is -0.680. The molecule has 1 aliphatic rings. The molecule has 0 heterocycles. The summed E-state index contributed by atoms with van der Waals surface area (Å²) in [6, 6.07) is 10.6. The minimum Gasteiger partial charge on any atom is -0.314 e. The van der Waals surface area contributed by atoms with Gasteiger partial charge >= 0.3 is 5.51 Å². The molecular formula is C15H20F3NS. The van der Waals surface area contributed by atoms with Crippen molar-refractivity contribution in [3.8, 4) is 0 Å². The fourth-order valence-corrected chi connectivity index (χ4v) is 2.87. The molecule has 0 aromatic heterocycles. The quantitative estimate of drug-likeness (QED) is 0.771. The highest BCUT2D eigenvalue weighted by molar-refractivity contribution is 8.00. The van der Waals surface area contributed by atoms with Gasteiger partial charge < -0.3 is 5.32 Å². The van der Waals surface area contributed by atoms with Gasteiger partial charge in [0.15, 0.2) is 0 Å². The monoisotopic (exact) mass is 303 g/mol. The van der Waals surface area contributed by atoms with Crippen molar-refractivity contribution < 1.29 is 13.2 Å². The molecule has 1 nitrogen and oxygen atoms in total. The molecule has 1 saturated carbocycles. The molecule has 20 heavy (non-hydrogen) atoms. The van der Waals surface area contributed by atoms with Gasteiger partial charge in [-0.15, -0.1) is 0 Å². The molecule has 1 fully saturated rings. The summed E-state index contributed by atoms with van der Waals surface area (Å²) < 4.78 is 36.6. The van der Waals surface area contributed by atoms with E-state index in [1.165, 1.54) is 18.4 Å². The van der Waals surface area contributed by atoms with Crippen molar-refractivity contribution in [3.63, 3.8) is 0 Å². The number of hydrogen-bond donors (Lipinski definition) is 1. The van der Waals surface area contributed by atoms with Gasteiger partial charge in [0.25, 0.3) is 0 Å². The van der Waals surface area contributed by atoms with Crippen LogP contribution in [0.25, 0.3) is 0 Å². The van der Waals surface area contributed by atoms with Crippen LogP contribution in [0.5, 0.6) is 0 Å². The van der Waals surface area contributed by atoms with E-state index in [2.05, 4.69) is 5.32 Å². The maximum absolute atomic E-state index is 12.2. The summed E-state index contributed by atoms with van der Waals surface area (Å²) in [7, 11) is 0. The van der Waals surface area contributed by atoms with Crippen LogP contribution in [0.15, 0.2) is 30.3 Å². The molecule has 5 heteroatoms. The molecule has 1 aromatic carbocycles. The molecule has 0 spiro atoms. The summed E-state index contributed by atoms with van der Waals surface area (Å²) in [5, 5.41) is 3.43. The first-order valence-electron chi connectivity index (χ1n) is 7.01. The van der Waals surface area contributed by atoms with E-state index in [0.717, 1.165) is 13.0 Å². The maximum Gasteiger partial charge on any atom is 0.441 e. The van der Waals surface area contributed by atoms with Crippen LogP contribution in [-0.2, 0) is 6.42 Å². The number of rotatable bonds is 8. The van der Waals surface area contributed by atoms with Crippen LogP contribution >= 0.6 is 11.8 Å². The number of nitrogens with one attached hydrogen (secondary N) is 1. The second kappa shape index (κ2) is 7.36. The van der Waals surface area contributed by atoms with Gasteiger partial charge in [0.1, 0.15) is 0 Å². The number of thioether (sulfide) groups is 1. The highest BCUT2D eigenvalue weighted by Crippen LogP contribution is 2.31. The third-order valence-corrected chi connectivity index (χ3v) is 4.20. The van der Waals surface area contributed by atoms with Crippen LogP contribution in [0.2, 0.25) is 0 Å². The summed E-state index contributed by atoms with van der Waals surface area (Å²) in [5.41, 5.74) is -2.91. The average molecular weight is 303 g/mol. The van der Waals surface area contributed by atoms with E-state index in [-0.39, 0.29) is 23.4 Å². The first-order chi connectivity index (χ1) is 9.53. The molecule has 2 rings (SSSR count). The molecule has 0 saturated heterocycles. The standard InChI is InChI=1S/C15H20F3NS/c16-15(17,18)20-9-8-13(11-19-14-6-7-14)10-12-4-2-1-3-5-12/h1-5,13-14,19H,6-11H2. The second-order valence-electron chi connectivity index (χ2n) is 5.32. The van der Waals surface area contributed by atoms with Crippen LogP contribution in [0.3, 0.4) is 0 Å². The normalized spacial score (nSPS) is 17.1. The fourth-order valence-electron chi connectivity index (χ4n) is 2.19. The van der Waals surface area contributed by atoms with E-state index in [1.807, 2.05) is 30.3 Å². The van der Waals surface area contributed by atoms with Crippen LogP contribution in [-0.4, -0.2) is 23.8 Å². The first-order valence-corrected chi connectivity index (χ1v) is 7.99. The Morgan fingerprint density at radius 2 is 1.90 bits per heavy atom. The smallest absolute Gasteiger partial charge is 0.314 e. The summed E-state index contributed by atoms with van der Waals surface area (Å²) in [4.78, 5) is 0. The first kappa shape index (κ1) is 15.7. The predicted octanol–water partition coefficient (Wildman–Crippen LogP) is 4.24. The van der Waals surface area contributed by atoms with Crippen LogP contribution in [0.4, 0.5) is 13.2 Å². The van der Waals surface area contributed by atoms with Gasteiger partial charge in [-0.2, -0.15) is 13.2 Å². The van der Waals surface area contributed by atoms with Crippen molar-refractivity contribution in [1.29, 1.82) is 0 Å². The van der Waals surface area contributed by atoms with E-state index in [9.17, 15) is 13.2 Å². The fraction of sp³-hybridized carbons (Fsp3) is 0.600. The lowest BCUT2D eigenvalue weighted by molar-refractivity contribution is -0.0328. The molecule has 1 aromatic rings. The van der Waals surface area contributed by atoms with Gasteiger partial charge in [-0.3, -0.25) is 0 Å². The lowest BCUT2D eigenvalue weighted by Gasteiger charge is -2.18. The zero-order valence-corrected chi connectivity index (χ0v) is 12.1. The van der Waals surface area contributed by atoms with E-state index < -0.39 is 5.51 Å². The van der Waals surface area contributed by atoms with E-state index in [1.54, 1.807) is 0 Å². The molecule has 1 aliphatic carbocycles. The van der Waals surface area contributed by atoms with Crippen LogP contribution in [0.1, 0.15) is 24.8 Å². The third-order valence-electron chi connectivity index (χ3n) is 3.43. The van der Waals surface area contributed by atoms with Crippen LogP contribution in [0, 0.1) is 5.92 Å². The van der Waals surface area contributed by atoms with Crippen molar-refractivity contribution in [2.24, 2.45) is 5.92 Å². The molecule has 0 amide bonds. The van der Waals surface area contributed by atoms with E-state index >= 15 is 0 Å². The van der Waals surface area contributed by atoms with E-state index in [4.69, 9.17) is 0 Å². The molecule has 0 radical (unpaired) electrons. The largest absolute Gasteiger partial charge is 0.441 e. The van der Waals surface area contributed by atoms with Crippen LogP contribution < -0.4 is 5.32 Å². The third kappa shape index (κ3) is 6.66. The Balaban J connectivity index is 1.79. The highest BCUT2D eigenvalue weighted by atomic mass is 32.2. The summed E-state index contributed by atoms with van der Waals surface area (Å²) in [5.74, 6) is 0.417. The van der Waals surface area contributed by atoms with Crippen molar-refractivity contribution in [2.45, 2.75) is 37.2 Å². The zero-order chi connectivity index (χ0) is 14.4. The Bertz CT molecular complexity index is 390. The number of halogens is 3. The van der Waals surface area contributed by atoms with Gasteiger partial charge in [0, 0.05) is 11.8 Å². The zero-order valence-electron chi connectivity index (χ0n) is 11.3. The van der Waals surface area contributed by atoms with Gasteiger partial charge in [0.2, 0.25) is 0 Å². The Labute approximate surface area is 122 Å². The minimum absolute atomic E-state index is 0.0946.